The van der Waals surface area contributed by atoms with Crippen molar-refractivity contribution >= 4 is 30.1 Å². The maximum Gasteiger partial charge on any atom is 0.161 e. The zero-order valence-electron chi connectivity index (χ0n) is 26.1. The molecule has 1 aliphatic heterocycles. The second kappa shape index (κ2) is 14.8. The van der Waals surface area contributed by atoms with Crippen LogP contribution in [0.5, 0.6) is 11.5 Å². The number of fused-ring (bicyclic) bond motifs is 2. The summed E-state index contributed by atoms with van der Waals surface area (Å²) in [6.45, 7) is 7.64. The van der Waals surface area contributed by atoms with E-state index >= 15 is 0 Å². The van der Waals surface area contributed by atoms with Crippen LogP contribution in [0.1, 0.15) is 80.2 Å². The van der Waals surface area contributed by atoms with Crippen molar-refractivity contribution in [1.82, 2.24) is 4.90 Å². The van der Waals surface area contributed by atoms with Crippen LogP contribution in [0.3, 0.4) is 0 Å². The van der Waals surface area contributed by atoms with Crippen molar-refractivity contribution in [3.8, 4) is 17.6 Å². The predicted octanol–water partition coefficient (Wildman–Crippen LogP) is 9.19. The summed E-state index contributed by atoms with van der Waals surface area (Å²) in [5, 5.41) is 10.4. The number of hydrogen-bond acceptors (Lipinski definition) is 4. The molecule has 1 fully saturated rings. The van der Waals surface area contributed by atoms with Crippen LogP contribution in [0, 0.1) is 17.2 Å². The molecule has 5 rings (SSSR count). The number of methoxy groups -OCH3 is 2. The molecular weight excluding hydrogens is 552 g/mol. The van der Waals surface area contributed by atoms with Gasteiger partial charge in [0.15, 0.2) is 11.5 Å². The molecule has 3 aromatic rings. The minimum absolute atomic E-state index is 0. The first-order chi connectivity index (χ1) is 20.5. The summed E-state index contributed by atoms with van der Waals surface area (Å²) >= 11 is 0. The maximum atomic E-state index is 10.4. The van der Waals surface area contributed by atoms with Crippen molar-refractivity contribution in [3.63, 3.8) is 0 Å². The largest absolute Gasteiger partial charge is 0.493 e. The number of piperidine rings is 1. The lowest BCUT2D eigenvalue weighted by Gasteiger charge is -2.32. The third kappa shape index (κ3) is 6.85. The molecule has 1 aliphatic carbocycles. The molecule has 0 N–H and O–H groups in total. The molecular formula is C38H45ClN2O2. The Morgan fingerprint density at radius 1 is 0.814 bits per heavy atom. The number of nitriles is 1. The van der Waals surface area contributed by atoms with Gasteiger partial charge in [-0.1, -0.05) is 99.0 Å². The molecule has 5 heteroatoms. The molecule has 0 amide bonds. The minimum atomic E-state index is -0.536. The van der Waals surface area contributed by atoms with Crippen molar-refractivity contribution in [2.24, 2.45) is 5.92 Å². The van der Waals surface area contributed by atoms with E-state index in [1.165, 1.54) is 27.8 Å². The molecule has 0 bridgehead atoms. The lowest BCUT2D eigenvalue weighted by molar-refractivity contribution is 0.248. The quantitative estimate of drug-likeness (QED) is 0.171. The number of hydrogen-bond donors (Lipinski definition) is 0. The van der Waals surface area contributed by atoms with Gasteiger partial charge in [-0.25, -0.2) is 0 Å². The summed E-state index contributed by atoms with van der Waals surface area (Å²) in [6, 6.07) is 26.3. The third-order valence-electron chi connectivity index (χ3n) is 9.35. The van der Waals surface area contributed by atoms with Crippen molar-refractivity contribution < 1.29 is 9.47 Å². The molecule has 3 aromatic carbocycles. The molecule has 0 radical (unpaired) electrons. The van der Waals surface area contributed by atoms with E-state index in [1.54, 1.807) is 19.8 Å². The monoisotopic (exact) mass is 596 g/mol. The van der Waals surface area contributed by atoms with E-state index in [9.17, 15) is 5.26 Å². The van der Waals surface area contributed by atoms with Gasteiger partial charge < -0.3 is 14.4 Å². The van der Waals surface area contributed by atoms with E-state index in [2.05, 4.69) is 85.5 Å². The summed E-state index contributed by atoms with van der Waals surface area (Å²) < 4.78 is 11.0. The number of likely N-dealkylation sites (tertiary alicyclic amines) is 1. The Balaban J connectivity index is 0.00000423. The van der Waals surface area contributed by atoms with Crippen LogP contribution in [-0.2, 0) is 5.41 Å². The van der Waals surface area contributed by atoms with Gasteiger partial charge in [0.2, 0.25) is 0 Å². The van der Waals surface area contributed by atoms with Gasteiger partial charge in [-0.3, -0.25) is 0 Å². The van der Waals surface area contributed by atoms with Crippen LogP contribution < -0.4 is 9.47 Å². The number of halogens is 1. The minimum Gasteiger partial charge on any atom is -0.493 e. The van der Waals surface area contributed by atoms with Gasteiger partial charge in [-0.2, -0.15) is 5.26 Å². The maximum absolute atomic E-state index is 10.4. The fourth-order valence-electron chi connectivity index (χ4n) is 6.79. The molecule has 2 aliphatic rings. The highest BCUT2D eigenvalue weighted by Crippen LogP contribution is 2.41. The zero-order valence-corrected chi connectivity index (χ0v) is 26.9. The number of unbranched alkanes of at least 4 members (excludes halogenated alkanes) is 2. The van der Waals surface area contributed by atoms with Crippen LogP contribution in [-0.4, -0.2) is 38.8 Å². The van der Waals surface area contributed by atoms with Gasteiger partial charge in [0, 0.05) is 13.1 Å². The molecule has 1 saturated heterocycles. The van der Waals surface area contributed by atoms with E-state index in [4.69, 9.17) is 9.47 Å². The summed E-state index contributed by atoms with van der Waals surface area (Å²) in [7, 11) is 3.29. The smallest absolute Gasteiger partial charge is 0.161 e. The Labute approximate surface area is 264 Å². The van der Waals surface area contributed by atoms with Crippen LogP contribution >= 0.6 is 12.4 Å². The normalized spacial score (nSPS) is 15.9. The van der Waals surface area contributed by atoms with E-state index in [1.807, 2.05) is 18.2 Å². The van der Waals surface area contributed by atoms with Crippen LogP contribution in [0.15, 0.2) is 72.3 Å². The second-order valence-electron chi connectivity index (χ2n) is 11.9. The van der Waals surface area contributed by atoms with Crippen molar-refractivity contribution in [1.29, 1.82) is 5.26 Å². The Morgan fingerprint density at radius 2 is 1.42 bits per heavy atom. The Kier molecular flexibility index (Phi) is 11.1. The zero-order chi connectivity index (χ0) is 29.5. The first-order valence-electron chi connectivity index (χ1n) is 15.5. The fourth-order valence-corrected chi connectivity index (χ4v) is 6.79. The molecule has 0 aromatic heterocycles. The molecule has 226 valence electrons. The molecule has 0 saturated carbocycles. The molecule has 1 heterocycles. The molecule has 1 unspecified atom stereocenters. The standard InChI is InChI=1S/C38H44N2O2.ClH/c1-28(2)38(27-39,32-18-19-35(41-3)36(26-32)42-4)22-10-5-11-23-40-24-20-31(21-25-40)37-33-14-8-6-12-29(33)16-17-30-13-7-9-15-34(30)37;/h6-9,12-19,26,28H,5,10-11,20-25H2,1-4H3;1H. The number of benzene rings is 3. The number of nitrogens with zero attached hydrogens (tertiary/aromatic N) is 2. The summed E-state index contributed by atoms with van der Waals surface area (Å²) in [5.74, 6) is 1.58. The van der Waals surface area contributed by atoms with Crippen molar-refractivity contribution in [3.05, 3.63) is 100 Å². The summed E-state index contributed by atoms with van der Waals surface area (Å²) in [6.07, 6.45) is 10.9. The molecule has 0 spiro atoms. The lowest BCUT2D eigenvalue weighted by atomic mass is 9.69. The van der Waals surface area contributed by atoms with E-state index in [0.717, 1.165) is 63.7 Å². The second-order valence-corrected chi connectivity index (χ2v) is 11.9. The average molecular weight is 597 g/mol. The molecule has 43 heavy (non-hydrogen) atoms. The molecule has 4 nitrogen and oxygen atoms in total. The van der Waals surface area contributed by atoms with Gasteiger partial charge >= 0.3 is 0 Å². The summed E-state index contributed by atoms with van der Waals surface area (Å²) in [5.41, 5.74) is 8.86. The first kappa shape index (κ1) is 32.4. The topological polar surface area (TPSA) is 45.5 Å². The Morgan fingerprint density at radius 3 is 1.98 bits per heavy atom. The van der Waals surface area contributed by atoms with Crippen LogP contribution in [0.2, 0.25) is 0 Å². The highest BCUT2D eigenvalue weighted by molar-refractivity contribution is 5.94. The molecule has 1 atom stereocenters. The highest BCUT2D eigenvalue weighted by Gasteiger charge is 2.36. The van der Waals surface area contributed by atoms with E-state index in [-0.39, 0.29) is 18.3 Å². The van der Waals surface area contributed by atoms with Gasteiger partial charge in [0.25, 0.3) is 0 Å². The third-order valence-corrected chi connectivity index (χ3v) is 9.35. The van der Waals surface area contributed by atoms with Gasteiger partial charge in [0.05, 0.1) is 25.7 Å². The van der Waals surface area contributed by atoms with Crippen LogP contribution in [0.4, 0.5) is 0 Å². The SMILES string of the molecule is COc1ccc(C(C#N)(CCCCCN2CCC(=C3c4ccccc4C=Cc4ccccc43)CC2)C(C)C)cc1OC.Cl. The Hall–Kier alpha value is -3.52. The summed E-state index contributed by atoms with van der Waals surface area (Å²) in [4.78, 5) is 2.63. The van der Waals surface area contributed by atoms with Gasteiger partial charge in [0.1, 0.15) is 0 Å². The number of ether oxygens (including phenoxy) is 2. The number of rotatable bonds is 10. The fraction of sp³-hybridized carbons (Fsp3) is 0.395. The average Bonchev–Trinajstić information content (AvgIpc) is 3.20. The van der Waals surface area contributed by atoms with Crippen molar-refractivity contribution in [2.75, 3.05) is 33.9 Å². The Bertz CT molecular complexity index is 1440. The highest BCUT2D eigenvalue weighted by atomic mass is 35.5. The van der Waals surface area contributed by atoms with Crippen molar-refractivity contribution in [2.45, 2.75) is 57.8 Å². The van der Waals surface area contributed by atoms with Crippen LogP contribution in [0.25, 0.3) is 17.7 Å². The predicted molar refractivity (Wildman–Crippen MR) is 181 cm³/mol. The van der Waals surface area contributed by atoms with E-state index < -0.39 is 5.41 Å². The van der Waals surface area contributed by atoms with Gasteiger partial charge in [-0.05, 0) is 83.7 Å². The van der Waals surface area contributed by atoms with Gasteiger partial charge in [-0.15, -0.1) is 12.4 Å². The lowest BCUT2D eigenvalue weighted by Crippen LogP contribution is -2.32. The first-order valence-corrected chi connectivity index (χ1v) is 15.5. The van der Waals surface area contributed by atoms with E-state index in [0.29, 0.717) is 11.5 Å².